The molecule has 1 saturated heterocycles. The van der Waals surface area contributed by atoms with E-state index in [1.54, 1.807) is 29.4 Å². The van der Waals surface area contributed by atoms with Gasteiger partial charge in [0.05, 0.1) is 19.3 Å². The fourth-order valence-corrected chi connectivity index (χ4v) is 2.65. The SMILES string of the molecule is O=C(NC[C@@H]1CN(C(=O)OCc2ccncc2)CCO1)c1ccc(O)cc1. The van der Waals surface area contributed by atoms with Gasteiger partial charge >= 0.3 is 6.09 Å². The molecule has 8 nitrogen and oxygen atoms in total. The fourth-order valence-electron chi connectivity index (χ4n) is 2.65. The molecule has 0 radical (unpaired) electrons. The van der Waals surface area contributed by atoms with Crippen LogP contribution in [0.5, 0.6) is 5.75 Å². The number of phenols is 1. The highest BCUT2D eigenvalue weighted by Crippen LogP contribution is 2.11. The number of ether oxygens (including phenoxy) is 2. The van der Waals surface area contributed by atoms with Crippen molar-refractivity contribution in [3.8, 4) is 5.75 Å². The van der Waals surface area contributed by atoms with Crippen LogP contribution in [0.1, 0.15) is 15.9 Å². The van der Waals surface area contributed by atoms with Crippen molar-refractivity contribution in [3.63, 3.8) is 0 Å². The number of rotatable bonds is 5. The van der Waals surface area contributed by atoms with Crippen molar-refractivity contribution >= 4 is 12.0 Å². The average molecular weight is 371 g/mol. The number of aromatic hydroxyl groups is 1. The fraction of sp³-hybridized carbons (Fsp3) is 0.316. The van der Waals surface area contributed by atoms with Crippen molar-refractivity contribution in [2.45, 2.75) is 12.7 Å². The molecular formula is C19H21N3O5. The first-order chi connectivity index (χ1) is 13.1. The van der Waals surface area contributed by atoms with Crippen LogP contribution in [-0.2, 0) is 16.1 Å². The molecule has 0 saturated carbocycles. The van der Waals surface area contributed by atoms with Crippen molar-refractivity contribution in [1.29, 1.82) is 0 Å². The molecule has 142 valence electrons. The lowest BCUT2D eigenvalue weighted by Crippen LogP contribution is -2.49. The number of phenolic OH excluding ortho intramolecular Hbond substituents is 1. The van der Waals surface area contributed by atoms with Crippen molar-refractivity contribution < 1.29 is 24.2 Å². The van der Waals surface area contributed by atoms with E-state index < -0.39 is 6.09 Å². The number of hydrogen-bond donors (Lipinski definition) is 2. The summed E-state index contributed by atoms with van der Waals surface area (Å²) >= 11 is 0. The van der Waals surface area contributed by atoms with Gasteiger partial charge in [-0.15, -0.1) is 0 Å². The van der Waals surface area contributed by atoms with E-state index in [0.29, 0.717) is 25.3 Å². The first-order valence-corrected chi connectivity index (χ1v) is 8.61. The largest absolute Gasteiger partial charge is 0.508 e. The Morgan fingerprint density at radius 2 is 1.96 bits per heavy atom. The van der Waals surface area contributed by atoms with E-state index in [9.17, 15) is 14.7 Å². The summed E-state index contributed by atoms with van der Waals surface area (Å²) in [7, 11) is 0. The van der Waals surface area contributed by atoms with Gasteiger partial charge in [0, 0.05) is 31.0 Å². The summed E-state index contributed by atoms with van der Waals surface area (Å²) in [6.07, 6.45) is 2.56. The topological polar surface area (TPSA) is 101 Å². The minimum atomic E-state index is -0.412. The Labute approximate surface area is 156 Å². The molecule has 0 bridgehead atoms. The van der Waals surface area contributed by atoms with Gasteiger partial charge in [0.15, 0.2) is 0 Å². The highest BCUT2D eigenvalue weighted by Gasteiger charge is 2.25. The molecule has 0 spiro atoms. The molecule has 2 amide bonds. The van der Waals surface area contributed by atoms with Crippen LogP contribution in [-0.4, -0.2) is 59.3 Å². The van der Waals surface area contributed by atoms with Crippen LogP contribution in [0.2, 0.25) is 0 Å². The smallest absolute Gasteiger partial charge is 0.410 e. The minimum Gasteiger partial charge on any atom is -0.508 e. The van der Waals surface area contributed by atoms with Crippen LogP contribution in [0.3, 0.4) is 0 Å². The van der Waals surface area contributed by atoms with Gasteiger partial charge < -0.3 is 24.8 Å². The normalized spacial score (nSPS) is 16.6. The number of benzene rings is 1. The summed E-state index contributed by atoms with van der Waals surface area (Å²) in [5.41, 5.74) is 1.31. The zero-order chi connectivity index (χ0) is 19.1. The van der Waals surface area contributed by atoms with Gasteiger partial charge in [-0.3, -0.25) is 9.78 Å². The van der Waals surface area contributed by atoms with Crippen LogP contribution in [0.25, 0.3) is 0 Å². The third kappa shape index (κ3) is 5.42. The average Bonchev–Trinajstić information content (AvgIpc) is 2.71. The zero-order valence-electron chi connectivity index (χ0n) is 14.7. The molecule has 1 aliphatic rings. The molecule has 27 heavy (non-hydrogen) atoms. The van der Waals surface area contributed by atoms with Crippen molar-refractivity contribution in [2.75, 3.05) is 26.2 Å². The van der Waals surface area contributed by atoms with E-state index in [1.165, 1.54) is 24.3 Å². The third-order valence-electron chi connectivity index (χ3n) is 4.13. The molecule has 0 aliphatic carbocycles. The predicted molar refractivity (Wildman–Crippen MR) is 96.2 cm³/mol. The first kappa shape index (κ1) is 18.7. The number of carbonyl (C=O) groups is 2. The van der Waals surface area contributed by atoms with E-state index in [4.69, 9.17) is 9.47 Å². The Hall–Kier alpha value is -3.13. The number of amides is 2. The number of carbonyl (C=O) groups excluding carboxylic acids is 2. The second kappa shape index (κ2) is 9.00. The molecule has 1 aromatic heterocycles. The van der Waals surface area contributed by atoms with Crippen molar-refractivity contribution in [3.05, 3.63) is 59.9 Å². The highest BCUT2D eigenvalue weighted by atomic mass is 16.6. The lowest BCUT2D eigenvalue weighted by atomic mass is 10.2. The van der Waals surface area contributed by atoms with Crippen LogP contribution in [0.4, 0.5) is 4.79 Å². The van der Waals surface area contributed by atoms with Gasteiger partial charge in [-0.1, -0.05) is 0 Å². The molecule has 1 atom stereocenters. The van der Waals surface area contributed by atoms with E-state index in [-0.39, 0.29) is 30.9 Å². The molecule has 3 rings (SSSR count). The summed E-state index contributed by atoms with van der Waals surface area (Å²) in [5.74, 6) is -0.168. The second-order valence-corrected chi connectivity index (χ2v) is 6.11. The number of pyridine rings is 1. The summed E-state index contributed by atoms with van der Waals surface area (Å²) in [6.45, 7) is 1.61. The standard InChI is InChI=1S/C19H21N3O5/c23-16-3-1-15(2-4-16)18(24)21-11-17-12-22(9-10-26-17)19(25)27-13-14-5-7-20-8-6-14/h1-8,17,23H,9-13H2,(H,21,24)/t17-/m1/s1. The molecule has 8 heteroatoms. The van der Waals surface area contributed by atoms with Gasteiger partial charge in [0.25, 0.3) is 5.91 Å². The molecule has 1 fully saturated rings. The summed E-state index contributed by atoms with van der Waals surface area (Å²) in [6, 6.07) is 9.55. The highest BCUT2D eigenvalue weighted by molar-refractivity contribution is 5.94. The number of morpholine rings is 1. The van der Waals surface area contributed by atoms with Crippen molar-refractivity contribution in [2.24, 2.45) is 0 Å². The maximum atomic E-state index is 12.2. The van der Waals surface area contributed by atoms with Crippen molar-refractivity contribution in [1.82, 2.24) is 15.2 Å². The Kier molecular flexibility index (Phi) is 6.22. The van der Waals surface area contributed by atoms with Crippen LogP contribution >= 0.6 is 0 Å². The van der Waals surface area contributed by atoms with E-state index in [1.807, 2.05) is 0 Å². The minimum absolute atomic E-state index is 0.100. The summed E-state index contributed by atoms with van der Waals surface area (Å²) in [4.78, 5) is 29.8. The molecule has 1 aliphatic heterocycles. The molecule has 1 aromatic carbocycles. The maximum Gasteiger partial charge on any atom is 0.410 e. The van der Waals surface area contributed by atoms with Gasteiger partial charge in [-0.05, 0) is 42.0 Å². The monoisotopic (exact) mass is 371 g/mol. The lowest BCUT2D eigenvalue weighted by molar-refractivity contribution is -0.0263. The van der Waals surface area contributed by atoms with Gasteiger partial charge in [0.1, 0.15) is 12.4 Å². The van der Waals surface area contributed by atoms with Crippen LogP contribution in [0, 0.1) is 0 Å². The Morgan fingerprint density at radius 3 is 2.70 bits per heavy atom. The number of hydrogen-bond acceptors (Lipinski definition) is 6. The molecule has 2 aromatic rings. The van der Waals surface area contributed by atoms with E-state index in [0.717, 1.165) is 5.56 Å². The Balaban J connectivity index is 1.45. The third-order valence-corrected chi connectivity index (χ3v) is 4.13. The van der Waals surface area contributed by atoms with Crippen LogP contribution < -0.4 is 5.32 Å². The maximum absolute atomic E-state index is 12.2. The molecular weight excluding hydrogens is 350 g/mol. The molecule has 0 unspecified atom stereocenters. The van der Waals surface area contributed by atoms with E-state index >= 15 is 0 Å². The zero-order valence-corrected chi connectivity index (χ0v) is 14.7. The van der Waals surface area contributed by atoms with Gasteiger partial charge in [-0.25, -0.2) is 4.79 Å². The van der Waals surface area contributed by atoms with E-state index in [2.05, 4.69) is 10.3 Å². The number of nitrogens with zero attached hydrogens (tertiary/aromatic N) is 2. The predicted octanol–water partition coefficient (Wildman–Crippen LogP) is 1.55. The number of nitrogens with one attached hydrogen (secondary N) is 1. The Morgan fingerprint density at radius 1 is 1.22 bits per heavy atom. The molecule has 2 N–H and O–H groups in total. The number of aromatic nitrogens is 1. The Bertz CT molecular complexity index is 767. The quantitative estimate of drug-likeness (QED) is 0.827. The first-order valence-electron chi connectivity index (χ1n) is 8.61. The van der Waals surface area contributed by atoms with Crippen LogP contribution in [0.15, 0.2) is 48.8 Å². The summed E-state index contributed by atoms with van der Waals surface area (Å²) in [5, 5.41) is 12.0. The summed E-state index contributed by atoms with van der Waals surface area (Å²) < 4.78 is 10.9. The van der Waals surface area contributed by atoms with Gasteiger partial charge in [0.2, 0.25) is 0 Å². The lowest BCUT2D eigenvalue weighted by Gasteiger charge is -2.32. The molecule has 2 heterocycles. The van der Waals surface area contributed by atoms with Gasteiger partial charge in [-0.2, -0.15) is 0 Å². The second-order valence-electron chi connectivity index (χ2n) is 6.11.